The summed E-state index contributed by atoms with van der Waals surface area (Å²) in [5, 5.41) is 17.1. The van der Waals surface area contributed by atoms with E-state index in [-0.39, 0.29) is 37.3 Å². The number of hydrogen-bond acceptors (Lipinski definition) is 10. The Morgan fingerprint density at radius 1 is 1.11 bits per heavy atom. The van der Waals surface area contributed by atoms with Gasteiger partial charge in [-0.1, -0.05) is 18.2 Å². The van der Waals surface area contributed by atoms with Crippen molar-refractivity contribution < 1.29 is 33.4 Å². The molecular formula is C23H29N7O7S. The number of alkyl carbamates (subject to hydrolysis) is 1. The summed E-state index contributed by atoms with van der Waals surface area (Å²) in [6, 6.07) is 6.47. The Morgan fingerprint density at radius 3 is 2.45 bits per heavy atom. The number of methoxy groups -OCH3 is 2. The largest absolute Gasteiger partial charge is 0.469 e. The van der Waals surface area contributed by atoms with Crippen LogP contribution in [0.3, 0.4) is 0 Å². The summed E-state index contributed by atoms with van der Waals surface area (Å²) in [5.74, 6) is -2.85. The number of nitrogens with one attached hydrogen (secondary N) is 4. The molecule has 2 rings (SSSR count). The highest BCUT2D eigenvalue weighted by molar-refractivity contribution is 7.09. The molecule has 1 aromatic heterocycles. The highest BCUT2D eigenvalue weighted by Gasteiger charge is 2.41. The molecule has 38 heavy (non-hydrogen) atoms. The summed E-state index contributed by atoms with van der Waals surface area (Å²) in [5.41, 5.74) is 9.99. The van der Waals surface area contributed by atoms with Gasteiger partial charge in [0, 0.05) is 23.8 Å². The van der Waals surface area contributed by atoms with Gasteiger partial charge in [0.25, 0.3) is 5.91 Å². The Bertz CT molecular complexity index is 1220. The van der Waals surface area contributed by atoms with Crippen LogP contribution in [-0.4, -0.2) is 66.9 Å². The number of thiazole rings is 1. The van der Waals surface area contributed by atoms with E-state index >= 15 is 0 Å². The molecule has 0 aliphatic rings. The number of amides is 4. The number of amidine groups is 1. The van der Waals surface area contributed by atoms with Crippen molar-refractivity contribution in [3.8, 4) is 0 Å². The molecule has 0 spiro atoms. The standard InChI is InChI=1S/C23H29N7O7S/c1-36-18(32)6-7-23(30-22(35)37-2,9-13-4-3-5-14(8-13)19(24)25)21(34)28-10-16(31)27-11-17-29-15(12-38-17)20(26)33/h3-5,8,12H,6-7,9-11H2,1-2H3,(H3,24,25)(H2,26,33)(H,27,31)(H,28,34)(H,30,35)/t23-/m1/s1. The van der Waals surface area contributed by atoms with Crippen molar-refractivity contribution >= 4 is 47.0 Å². The van der Waals surface area contributed by atoms with Crippen molar-refractivity contribution in [2.24, 2.45) is 11.5 Å². The molecule has 1 aromatic carbocycles. The summed E-state index contributed by atoms with van der Waals surface area (Å²) < 4.78 is 9.39. The van der Waals surface area contributed by atoms with Crippen LogP contribution < -0.4 is 27.4 Å². The number of esters is 1. The number of nitrogen functional groups attached to an aromatic ring is 1. The minimum Gasteiger partial charge on any atom is -0.469 e. The van der Waals surface area contributed by atoms with E-state index in [4.69, 9.17) is 21.6 Å². The van der Waals surface area contributed by atoms with Gasteiger partial charge in [-0.2, -0.15) is 0 Å². The SMILES string of the molecule is COC(=O)CC[C@](Cc1cccc(C(=N)N)c1)(NC(=O)OC)C(=O)NCC(=O)NCc1nc(C(N)=O)cs1. The fraction of sp³-hybridized carbons (Fsp3) is 0.348. The van der Waals surface area contributed by atoms with Crippen LogP contribution in [0.4, 0.5) is 4.79 Å². The quantitative estimate of drug-likeness (QED) is 0.108. The maximum absolute atomic E-state index is 13.5. The van der Waals surface area contributed by atoms with Crippen molar-refractivity contribution in [1.82, 2.24) is 20.9 Å². The molecule has 4 amide bonds. The summed E-state index contributed by atoms with van der Waals surface area (Å²) >= 11 is 1.13. The summed E-state index contributed by atoms with van der Waals surface area (Å²) in [6.07, 6.45) is -1.49. The van der Waals surface area contributed by atoms with Gasteiger partial charge >= 0.3 is 12.1 Å². The molecule has 0 unspecified atom stereocenters. The number of nitrogens with two attached hydrogens (primary N) is 2. The maximum atomic E-state index is 13.5. The van der Waals surface area contributed by atoms with Gasteiger partial charge in [-0.25, -0.2) is 9.78 Å². The molecule has 0 fully saturated rings. The molecule has 0 aliphatic carbocycles. The zero-order valence-corrected chi connectivity index (χ0v) is 21.6. The fourth-order valence-corrected chi connectivity index (χ4v) is 4.10. The van der Waals surface area contributed by atoms with Gasteiger partial charge in [0.2, 0.25) is 11.8 Å². The van der Waals surface area contributed by atoms with Crippen LogP contribution in [0.25, 0.3) is 0 Å². The first kappa shape index (κ1) is 29.7. The average Bonchev–Trinajstić information content (AvgIpc) is 3.38. The van der Waals surface area contributed by atoms with Crippen LogP contribution in [0.1, 0.15) is 39.5 Å². The number of ether oxygens (including phenoxy) is 2. The van der Waals surface area contributed by atoms with E-state index in [1.54, 1.807) is 24.3 Å². The molecule has 2 aromatic rings. The Balaban J connectivity index is 2.23. The van der Waals surface area contributed by atoms with Gasteiger partial charge in [0.15, 0.2) is 0 Å². The first-order chi connectivity index (χ1) is 18.0. The molecule has 8 N–H and O–H groups in total. The van der Waals surface area contributed by atoms with Gasteiger partial charge in [-0.15, -0.1) is 11.3 Å². The lowest BCUT2D eigenvalue weighted by atomic mass is 9.84. The predicted octanol–water partition coefficient (Wildman–Crippen LogP) is -0.451. The number of rotatable bonds is 13. The molecule has 0 bridgehead atoms. The molecular weight excluding hydrogens is 518 g/mol. The molecule has 204 valence electrons. The van der Waals surface area contributed by atoms with Gasteiger partial charge in [-0.05, 0) is 18.1 Å². The molecule has 0 saturated carbocycles. The van der Waals surface area contributed by atoms with E-state index in [0.717, 1.165) is 18.4 Å². The van der Waals surface area contributed by atoms with Gasteiger partial charge in [0.1, 0.15) is 22.1 Å². The number of aromatic nitrogens is 1. The van der Waals surface area contributed by atoms with Crippen LogP contribution in [0.15, 0.2) is 29.6 Å². The highest BCUT2D eigenvalue weighted by Crippen LogP contribution is 2.22. The zero-order chi connectivity index (χ0) is 28.3. The third kappa shape index (κ3) is 8.55. The second-order valence-electron chi connectivity index (χ2n) is 8.02. The van der Waals surface area contributed by atoms with Crippen molar-refractivity contribution in [2.45, 2.75) is 31.3 Å². The van der Waals surface area contributed by atoms with E-state index < -0.39 is 41.9 Å². The van der Waals surface area contributed by atoms with E-state index in [2.05, 4.69) is 25.7 Å². The van der Waals surface area contributed by atoms with Crippen molar-refractivity contribution in [3.63, 3.8) is 0 Å². The highest BCUT2D eigenvalue weighted by atomic mass is 32.1. The van der Waals surface area contributed by atoms with Crippen LogP contribution in [0.2, 0.25) is 0 Å². The summed E-state index contributed by atoms with van der Waals surface area (Å²) in [4.78, 5) is 65.2. The second-order valence-corrected chi connectivity index (χ2v) is 8.96. The van der Waals surface area contributed by atoms with Gasteiger partial charge in [-0.3, -0.25) is 24.6 Å². The first-order valence-electron chi connectivity index (χ1n) is 11.1. The van der Waals surface area contributed by atoms with E-state index in [1.807, 2.05) is 0 Å². The number of hydrogen-bond donors (Lipinski definition) is 6. The Morgan fingerprint density at radius 2 is 1.84 bits per heavy atom. The third-order valence-electron chi connectivity index (χ3n) is 5.34. The van der Waals surface area contributed by atoms with Crippen LogP contribution in [0.5, 0.6) is 0 Å². The Kier molecular flexibility index (Phi) is 10.7. The van der Waals surface area contributed by atoms with E-state index in [9.17, 15) is 24.0 Å². The van der Waals surface area contributed by atoms with E-state index in [0.29, 0.717) is 16.1 Å². The van der Waals surface area contributed by atoms with Crippen molar-refractivity contribution in [3.05, 3.63) is 51.5 Å². The number of benzene rings is 1. The second kappa shape index (κ2) is 13.7. The van der Waals surface area contributed by atoms with Crippen molar-refractivity contribution in [2.75, 3.05) is 20.8 Å². The average molecular weight is 548 g/mol. The molecule has 1 heterocycles. The molecule has 0 aliphatic heterocycles. The third-order valence-corrected chi connectivity index (χ3v) is 6.19. The Hall–Kier alpha value is -4.53. The van der Waals surface area contributed by atoms with Crippen LogP contribution in [-0.2, 0) is 36.8 Å². The topological polar surface area (TPSA) is 229 Å². The summed E-state index contributed by atoms with van der Waals surface area (Å²) in [7, 11) is 2.30. The molecule has 15 heteroatoms. The zero-order valence-electron chi connectivity index (χ0n) is 20.8. The normalized spacial score (nSPS) is 11.9. The van der Waals surface area contributed by atoms with Gasteiger partial charge in [0.05, 0.1) is 27.3 Å². The molecule has 0 saturated heterocycles. The number of nitrogens with zero attached hydrogens (tertiary/aromatic N) is 1. The monoisotopic (exact) mass is 547 g/mol. The fourth-order valence-electron chi connectivity index (χ4n) is 3.38. The van der Waals surface area contributed by atoms with Crippen LogP contribution >= 0.6 is 11.3 Å². The number of carbonyl (C=O) groups excluding carboxylic acids is 5. The smallest absolute Gasteiger partial charge is 0.407 e. The minimum absolute atomic E-state index is 0.00160. The maximum Gasteiger partial charge on any atom is 0.407 e. The molecule has 14 nitrogen and oxygen atoms in total. The lowest BCUT2D eigenvalue weighted by molar-refractivity contribution is -0.141. The minimum atomic E-state index is -1.73. The van der Waals surface area contributed by atoms with E-state index in [1.165, 1.54) is 12.5 Å². The lowest BCUT2D eigenvalue weighted by Crippen LogP contribution is -2.61. The Labute approximate surface area is 222 Å². The van der Waals surface area contributed by atoms with Crippen molar-refractivity contribution in [1.29, 1.82) is 5.41 Å². The molecule has 1 atom stereocenters. The number of carbonyl (C=O) groups is 5. The van der Waals surface area contributed by atoms with Crippen LogP contribution in [0, 0.1) is 5.41 Å². The summed E-state index contributed by atoms with van der Waals surface area (Å²) in [6.45, 7) is -0.471. The molecule has 0 radical (unpaired) electrons. The predicted molar refractivity (Wildman–Crippen MR) is 136 cm³/mol. The van der Waals surface area contributed by atoms with Gasteiger partial charge < -0.3 is 36.9 Å². The lowest BCUT2D eigenvalue weighted by Gasteiger charge is -2.33. The number of primary amides is 1. The first-order valence-corrected chi connectivity index (χ1v) is 12.0.